The van der Waals surface area contributed by atoms with E-state index in [2.05, 4.69) is 22.6 Å². The van der Waals surface area contributed by atoms with Crippen LogP contribution in [-0.4, -0.2) is 15.3 Å². The highest BCUT2D eigenvalue weighted by Gasteiger charge is 2.34. The summed E-state index contributed by atoms with van der Waals surface area (Å²) in [6.07, 6.45) is 0. The molecule has 0 radical (unpaired) electrons. The number of halogens is 1. The molecule has 4 aromatic rings. The molecule has 5 rings (SSSR count). The van der Waals surface area contributed by atoms with Crippen LogP contribution < -0.4 is 10.2 Å². The van der Waals surface area contributed by atoms with Crippen LogP contribution in [0.1, 0.15) is 24.4 Å². The zero-order valence-corrected chi connectivity index (χ0v) is 18.8. The number of hydrogen-bond acceptors (Lipinski definition) is 4. The Balaban J connectivity index is 1.67. The van der Waals surface area contributed by atoms with Crippen LogP contribution in [0.4, 0.5) is 5.69 Å². The van der Waals surface area contributed by atoms with Gasteiger partial charge >= 0.3 is 0 Å². The van der Waals surface area contributed by atoms with E-state index in [-0.39, 0.29) is 6.04 Å². The van der Waals surface area contributed by atoms with Gasteiger partial charge in [-0.2, -0.15) is 4.98 Å². The number of nitrogens with one attached hydrogen (secondary N) is 1. The first kappa shape index (κ1) is 20.4. The summed E-state index contributed by atoms with van der Waals surface area (Å²) in [5.41, 5.74) is 4.56. The summed E-state index contributed by atoms with van der Waals surface area (Å²) >= 11 is 12.0. The van der Waals surface area contributed by atoms with Gasteiger partial charge in [-0.15, -0.1) is 0 Å². The minimum Gasteiger partial charge on any atom is -0.351 e. The number of allylic oxidation sites excluding steroid dienone is 1. The fourth-order valence-electron chi connectivity index (χ4n) is 3.88. The zero-order valence-electron chi connectivity index (χ0n) is 17.2. The maximum Gasteiger partial charge on any atom is 0.258 e. The lowest BCUT2D eigenvalue weighted by atomic mass is 9.94. The Morgan fingerprint density at radius 1 is 0.969 bits per heavy atom. The molecule has 2 heterocycles. The van der Waals surface area contributed by atoms with Crippen LogP contribution in [0, 0.1) is 0 Å². The minimum absolute atomic E-state index is 0.233. The van der Waals surface area contributed by atoms with E-state index in [0.29, 0.717) is 21.9 Å². The van der Waals surface area contributed by atoms with Gasteiger partial charge < -0.3 is 9.84 Å². The maximum absolute atomic E-state index is 6.26. The molecular weight excluding hydrogens is 440 g/mol. The summed E-state index contributed by atoms with van der Waals surface area (Å²) in [5, 5.41) is 8.90. The van der Waals surface area contributed by atoms with E-state index in [4.69, 9.17) is 33.3 Å². The topological polar surface area (TPSA) is 54.2 Å². The van der Waals surface area contributed by atoms with Crippen molar-refractivity contribution in [3.8, 4) is 11.4 Å². The van der Waals surface area contributed by atoms with Crippen LogP contribution in [0.3, 0.4) is 0 Å². The Kier molecular flexibility index (Phi) is 5.47. The summed E-state index contributed by atoms with van der Waals surface area (Å²) < 4.78 is 5.77. The van der Waals surface area contributed by atoms with Gasteiger partial charge in [0.05, 0.1) is 11.6 Å². The highest BCUT2D eigenvalue weighted by Crippen LogP contribution is 2.39. The Hall–Kier alpha value is -3.48. The summed E-state index contributed by atoms with van der Waals surface area (Å²) in [6.45, 7) is 2.01. The summed E-state index contributed by atoms with van der Waals surface area (Å²) in [5.74, 6) is 0.979. The molecule has 32 heavy (non-hydrogen) atoms. The fraction of sp³-hybridized carbons (Fsp3) is 0.0800. The van der Waals surface area contributed by atoms with Crippen LogP contribution >= 0.6 is 23.8 Å². The average molecular weight is 459 g/mol. The number of aromatic nitrogens is 2. The molecule has 0 spiro atoms. The smallest absolute Gasteiger partial charge is 0.258 e. The summed E-state index contributed by atoms with van der Waals surface area (Å²) in [6, 6.07) is 27.2. The number of thiocarbonyl (C=S) groups is 1. The summed E-state index contributed by atoms with van der Waals surface area (Å²) in [7, 11) is 0. The Morgan fingerprint density at radius 3 is 2.41 bits per heavy atom. The van der Waals surface area contributed by atoms with Crippen molar-refractivity contribution in [3.63, 3.8) is 0 Å². The van der Waals surface area contributed by atoms with Crippen LogP contribution in [0.25, 0.3) is 17.0 Å². The van der Waals surface area contributed by atoms with Gasteiger partial charge in [-0.25, -0.2) is 0 Å². The second kappa shape index (κ2) is 8.57. The third-order valence-electron chi connectivity index (χ3n) is 5.37. The van der Waals surface area contributed by atoms with Gasteiger partial charge in [0, 0.05) is 22.0 Å². The lowest BCUT2D eigenvalue weighted by molar-refractivity contribution is 0.404. The molecule has 1 aromatic heterocycles. The first-order valence-electron chi connectivity index (χ1n) is 10.1. The average Bonchev–Trinajstić information content (AvgIpc) is 3.30. The molecule has 1 aliphatic rings. The molecule has 7 heteroatoms. The second-order valence-electron chi connectivity index (χ2n) is 7.40. The highest BCUT2D eigenvalue weighted by atomic mass is 35.5. The van der Waals surface area contributed by atoms with Gasteiger partial charge in [0.15, 0.2) is 5.11 Å². The van der Waals surface area contributed by atoms with E-state index in [1.807, 2.05) is 84.6 Å². The van der Waals surface area contributed by atoms with Crippen LogP contribution in [-0.2, 0) is 0 Å². The number of anilines is 1. The zero-order chi connectivity index (χ0) is 22.1. The number of nitrogens with zero attached hydrogens (tertiary/aromatic N) is 3. The second-order valence-corrected chi connectivity index (χ2v) is 8.22. The molecule has 0 amide bonds. The first-order valence-corrected chi connectivity index (χ1v) is 10.9. The van der Waals surface area contributed by atoms with Crippen molar-refractivity contribution in [2.24, 2.45) is 0 Å². The lowest BCUT2D eigenvalue weighted by Crippen LogP contribution is -2.46. The van der Waals surface area contributed by atoms with Crippen molar-refractivity contribution in [2.75, 3.05) is 4.90 Å². The molecule has 0 fully saturated rings. The van der Waals surface area contributed by atoms with E-state index in [9.17, 15) is 0 Å². The van der Waals surface area contributed by atoms with Crippen molar-refractivity contribution < 1.29 is 4.52 Å². The molecule has 0 aliphatic carbocycles. The maximum atomic E-state index is 6.26. The number of benzene rings is 3. The Morgan fingerprint density at radius 2 is 1.69 bits per heavy atom. The lowest BCUT2D eigenvalue weighted by Gasteiger charge is -2.37. The number of hydrogen-bond donors (Lipinski definition) is 1. The highest BCUT2D eigenvalue weighted by molar-refractivity contribution is 7.80. The quantitative estimate of drug-likeness (QED) is 0.364. The molecule has 158 valence electrons. The van der Waals surface area contributed by atoms with Crippen LogP contribution in [0.15, 0.2) is 95.1 Å². The molecule has 0 saturated heterocycles. The van der Waals surface area contributed by atoms with E-state index in [1.54, 1.807) is 0 Å². The van der Waals surface area contributed by atoms with Gasteiger partial charge in [0.2, 0.25) is 5.82 Å². The molecule has 0 bridgehead atoms. The molecule has 1 aliphatic heterocycles. The standard InChI is InChI=1S/C25H19ClN4OS/c1-16-21(24-28-23(29-31-24)18-11-6-3-7-12-18)22(17-9-4-2-5-10-17)27-25(32)30(16)20-14-8-13-19(26)15-20/h2-15,22H,1H3,(H,27,32). The van der Waals surface area contributed by atoms with Gasteiger partial charge in [-0.1, -0.05) is 83.5 Å². The third kappa shape index (κ3) is 3.79. The van der Waals surface area contributed by atoms with E-state index in [1.165, 1.54) is 0 Å². The molecule has 1 atom stereocenters. The molecule has 0 saturated carbocycles. The molecule has 1 N–H and O–H groups in total. The van der Waals surface area contributed by atoms with E-state index in [0.717, 1.165) is 28.1 Å². The van der Waals surface area contributed by atoms with Crippen molar-refractivity contribution in [3.05, 3.63) is 107 Å². The molecular formula is C25H19ClN4OS. The summed E-state index contributed by atoms with van der Waals surface area (Å²) in [4.78, 5) is 6.68. The first-order chi connectivity index (χ1) is 15.6. The van der Waals surface area contributed by atoms with Gasteiger partial charge in [0.25, 0.3) is 5.89 Å². The van der Waals surface area contributed by atoms with Gasteiger partial charge in [-0.05, 0) is 42.9 Å². The fourth-order valence-corrected chi connectivity index (χ4v) is 4.42. The van der Waals surface area contributed by atoms with Crippen LogP contribution in [0.5, 0.6) is 0 Å². The third-order valence-corrected chi connectivity index (χ3v) is 5.91. The van der Waals surface area contributed by atoms with Crippen molar-refractivity contribution >= 4 is 40.2 Å². The normalized spacial score (nSPS) is 16.2. The minimum atomic E-state index is -0.233. The molecule has 1 unspecified atom stereocenters. The Labute approximate surface area is 196 Å². The number of rotatable bonds is 4. The van der Waals surface area contributed by atoms with E-state index >= 15 is 0 Å². The predicted octanol–water partition coefficient (Wildman–Crippen LogP) is 6.26. The van der Waals surface area contributed by atoms with Crippen molar-refractivity contribution in [1.29, 1.82) is 0 Å². The largest absolute Gasteiger partial charge is 0.351 e. The Bertz CT molecular complexity index is 1300. The predicted molar refractivity (Wildman–Crippen MR) is 131 cm³/mol. The van der Waals surface area contributed by atoms with Gasteiger partial charge in [-0.3, -0.25) is 4.90 Å². The van der Waals surface area contributed by atoms with Crippen molar-refractivity contribution in [2.45, 2.75) is 13.0 Å². The van der Waals surface area contributed by atoms with E-state index < -0.39 is 0 Å². The SMILES string of the molecule is CC1=C(c2nc(-c3ccccc3)no2)C(c2ccccc2)NC(=S)N1c1cccc(Cl)c1. The molecule has 5 nitrogen and oxygen atoms in total. The van der Waals surface area contributed by atoms with Crippen LogP contribution in [0.2, 0.25) is 5.02 Å². The monoisotopic (exact) mass is 458 g/mol. The van der Waals surface area contributed by atoms with Crippen molar-refractivity contribution in [1.82, 2.24) is 15.5 Å². The molecule has 3 aromatic carbocycles. The van der Waals surface area contributed by atoms with Gasteiger partial charge in [0.1, 0.15) is 0 Å².